The summed E-state index contributed by atoms with van der Waals surface area (Å²) in [5, 5.41) is 0.117. The van der Waals surface area contributed by atoms with Gasteiger partial charge in [0.1, 0.15) is 5.00 Å². The van der Waals surface area contributed by atoms with Crippen molar-refractivity contribution < 1.29 is 8.42 Å². The quantitative estimate of drug-likeness (QED) is 0.706. The van der Waals surface area contributed by atoms with Gasteiger partial charge < -0.3 is 11.5 Å². The van der Waals surface area contributed by atoms with Crippen molar-refractivity contribution in [2.45, 2.75) is 4.90 Å². The van der Waals surface area contributed by atoms with Gasteiger partial charge >= 0.3 is 0 Å². The van der Waals surface area contributed by atoms with Crippen LogP contribution >= 0.6 is 11.5 Å². The Morgan fingerprint density at radius 3 is 2.23 bits per heavy atom. The van der Waals surface area contributed by atoms with Crippen molar-refractivity contribution in [1.82, 2.24) is 8.68 Å². The zero-order valence-corrected chi connectivity index (χ0v) is 8.82. The Morgan fingerprint density at radius 2 is 1.92 bits per heavy atom. The molecule has 0 fully saturated rings. The molecule has 0 bridgehead atoms. The molecule has 1 heterocycles. The summed E-state index contributed by atoms with van der Waals surface area (Å²) in [6, 6.07) is 0. The lowest BCUT2D eigenvalue weighted by molar-refractivity contribution is 0.522. The summed E-state index contributed by atoms with van der Waals surface area (Å²) in [7, 11) is -0.746. The Hall–Kier alpha value is -0.860. The lowest BCUT2D eigenvalue weighted by atomic mass is 10.6. The standard InChI is InChI=1S/C5H10N4O2S2/c1-9(2)13(10,11)3-4(6)8-12-5(3)7/h7H2,1-2H3,(H2,6,8). The first-order chi connectivity index (χ1) is 5.87. The van der Waals surface area contributed by atoms with Crippen molar-refractivity contribution in [2.75, 3.05) is 25.6 Å². The van der Waals surface area contributed by atoms with E-state index in [1.807, 2.05) is 0 Å². The topological polar surface area (TPSA) is 102 Å². The van der Waals surface area contributed by atoms with Gasteiger partial charge in [-0.05, 0) is 11.5 Å². The Morgan fingerprint density at radius 1 is 1.38 bits per heavy atom. The number of nitrogen functional groups attached to an aromatic ring is 2. The van der Waals surface area contributed by atoms with Crippen LogP contribution in [0.1, 0.15) is 0 Å². The predicted octanol–water partition coefficient (Wildman–Crippen LogP) is -0.442. The molecule has 0 spiro atoms. The fourth-order valence-electron chi connectivity index (χ4n) is 0.749. The molecule has 0 saturated heterocycles. The third kappa shape index (κ3) is 1.60. The van der Waals surface area contributed by atoms with Gasteiger partial charge in [-0.2, -0.15) is 4.37 Å². The zero-order chi connectivity index (χ0) is 10.2. The van der Waals surface area contributed by atoms with Crippen LogP contribution in [0.2, 0.25) is 0 Å². The number of anilines is 2. The van der Waals surface area contributed by atoms with E-state index in [0.717, 1.165) is 15.8 Å². The molecule has 4 N–H and O–H groups in total. The van der Waals surface area contributed by atoms with Crippen LogP contribution in [0.15, 0.2) is 4.90 Å². The number of rotatable bonds is 2. The van der Waals surface area contributed by atoms with E-state index in [9.17, 15) is 8.42 Å². The maximum absolute atomic E-state index is 11.6. The fourth-order valence-corrected chi connectivity index (χ4v) is 2.64. The molecule has 74 valence electrons. The highest BCUT2D eigenvalue weighted by atomic mass is 32.2. The van der Waals surface area contributed by atoms with Gasteiger partial charge in [-0.3, -0.25) is 0 Å². The smallest absolute Gasteiger partial charge is 0.249 e. The molecule has 0 aliphatic rings. The normalized spacial score (nSPS) is 12.2. The van der Waals surface area contributed by atoms with Gasteiger partial charge in [-0.15, -0.1) is 0 Å². The zero-order valence-electron chi connectivity index (χ0n) is 7.18. The van der Waals surface area contributed by atoms with Gasteiger partial charge in [-0.25, -0.2) is 12.7 Å². The lowest BCUT2D eigenvalue weighted by Gasteiger charge is -2.10. The summed E-state index contributed by atoms with van der Waals surface area (Å²) in [5.74, 6) is -0.0452. The molecule has 1 rings (SSSR count). The molecule has 0 radical (unpaired) electrons. The highest BCUT2D eigenvalue weighted by molar-refractivity contribution is 7.89. The molecule has 0 aromatic carbocycles. The summed E-state index contributed by atoms with van der Waals surface area (Å²) in [5.41, 5.74) is 10.8. The SMILES string of the molecule is CN(C)S(=O)(=O)c1c(N)nsc1N. The van der Waals surface area contributed by atoms with E-state index in [-0.39, 0.29) is 15.7 Å². The van der Waals surface area contributed by atoms with Gasteiger partial charge in [0, 0.05) is 14.1 Å². The van der Waals surface area contributed by atoms with E-state index in [0.29, 0.717) is 0 Å². The van der Waals surface area contributed by atoms with E-state index in [2.05, 4.69) is 4.37 Å². The number of hydrogen-bond donors (Lipinski definition) is 2. The van der Waals surface area contributed by atoms with Crippen LogP contribution in [0.25, 0.3) is 0 Å². The number of aromatic nitrogens is 1. The van der Waals surface area contributed by atoms with Crippen LogP contribution in [0.5, 0.6) is 0 Å². The summed E-state index contributed by atoms with van der Waals surface area (Å²) < 4.78 is 27.8. The fraction of sp³-hybridized carbons (Fsp3) is 0.400. The monoisotopic (exact) mass is 222 g/mol. The maximum atomic E-state index is 11.6. The largest absolute Gasteiger partial charge is 0.388 e. The van der Waals surface area contributed by atoms with Crippen molar-refractivity contribution in [2.24, 2.45) is 0 Å². The second-order valence-corrected chi connectivity index (χ2v) is 5.44. The van der Waals surface area contributed by atoms with E-state index < -0.39 is 10.0 Å². The van der Waals surface area contributed by atoms with E-state index in [1.165, 1.54) is 14.1 Å². The van der Waals surface area contributed by atoms with Gasteiger partial charge in [-0.1, -0.05) is 0 Å². The molecule has 0 atom stereocenters. The molecule has 8 heteroatoms. The minimum absolute atomic E-state index is 0.0452. The first-order valence-electron chi connectivity index (χ1n) is 3.30. The molecule has 1 aromatic heterocycles. The molecular formula is C5H10N4O2S2. The van der Waals surface area contributed by atoms with E-state index in [1.54, 1.807) is 0 Å². The third-order valence-electron chi connectivity index (χ3n) is 1.44. The van der Waals surface area contributed by atoms with E-state index in [4.69, 9.17) is 11.5 Å². The van der Waals surface area contributed by atoms with Crippen molar-refractivity contribution >= 4 is 32.4 Å². The van der Waals surface area contributed by atoms with Crippen molar-refractivity contribution in [3.05, 3.63) is 0 Å². The molecular weight excluding hydrogens is 212 g/mol. The third-order valence-corrected chi connectivity index (χ3v) is 4.16. The van der Waals surface area contributed by atoms with Gasteiger partial charge in [0.15, 0.2) is 10.7 Å². The summed E-state index contributed by atoms with van der Waals surface area (Å²) in [4.78, 5) is -0.0949. The average molecular weight is 222 g/mol. The van der Waals surface area contributed by atoms with Crippen LogP contribution in [0.3, 0.4) is 0 Å². The van der Waals surface area contributed by atoms with Crippen molar-refractivity contribution in [3.63, 3.8) is 0 Å². The van der Waals surface area contributed by atoms with Crippen LogP contribution in [0, 0.1) is 0 Å². The van der Waals surface area contributed by atoms with Crippen molar-refractivity contribution in [3.8, 4) is 0 Å². The Balaban J connectivity index is 3.38. The Kier molecular flexibility index (Phi) is 2.46. The van der Waals surface area contributed by atoms with Crippen LogP contribution in [0.4, 0.5) is 10.8 Å². The first kappa shape index (κ1) is 10.2. The van der Waals surface area contributed by atoms with Crippen LogP contribution in [-0.2, 0) is 10.0 Å². The number of hydrogen-bond acceptors (Lipinski definition) is 6. The maximum Gasteiger partial charge on any atom is 0.249 e. The molecule has 13 heavy (non-hydrogen) atoms. The molecule has 0 amide bonds. The number of nitrogens with zero attached hydrogens (tertiary/aromatic N) is 2. The predicted molar refractivity (Wildman–Crippen MR) is 51.8 cm³/mol. The number of sulfonamides is 1. The lowest BCUT2D eigenvalue weighted by Crippen LogP contribution is -2.23. The second kappa shape index (κ2) is 3.13. The van der Waals surface area contributed by atoms with Crippen molar-refractivity contribution in [1.29, 1.82) is 0 Å². The summed E-state index contributed by atoms with van der Waals surface area (Å²) in [6.45, 7) is 0. The van der Waals surface area contributed by atoms with Gasteiger partial charge in [0.05, 0.1) is 0 Å². The molecule has 0 unspecified atom stereocenters. The molecule has 0 aliphatic carbocycles. The van der Waals surface area contributed by atoms with E-state index >= 15 is 0 Å². The first-order valence-corrected chi connectivity index (χ1v) is 5.52. The highest BCUT2D eigenvalue weighted by Crippen LogP contribution is 2.29. The van der Waals surface area contributed by atoms with Crippen LogP contribution < -0.4 is 11.5 Å². The highest BCUT2D eigenvalue weighted by Gasteiger charge is 2.25. The minimum Gasteiger partial charge on any atom is -0.388 e. The minimum atomic E-state index is -3.56. The van der Waals surface area contributed by atoms with Gasteiger partial charge in [0.2, 0.25) is 10.0 Å². The molecule has 6 nitrogen and oxygen atoms in total. The Bertz CT molecular complexity index is 389. The molecule has 0 saturated carbocycles. The molecule has 1 aromatic rings. The van der Waals surface area contributed by atoms with Crippen LogP contribution in [-0.4, -0.2) is 31.2 Å². The number of nitrogens with two attached hydrogens (primary N) is 2. The summed E-state index contributed by atoms with van der Waals surface area (Å²) in [6.07, 6.45) is 0. The summed E-state index contributed by atoms with van der Waals surface area (Å²) >= 11 is 0.872. The second-order valence-electron chi connectivity index (χ2n) is 2.55. The average Bonchev–Trinajstić information content (AvgIpc) is 2.30. The molecule has 0 aliphatic heterocycles. The Labute approximate surface area is 80.4 Å². The van der Waals surface area contributed by atoms with Gasteiger partial charge in [0.25, 0.3) is 0 Å².